The van der Waals surface area contributed by atoms with Gasteiger partial charge in [-0.1, -0.05) is 18.2 Å². The zero-order chi connectivity index (χ0) is 16.4. The molecule has 0 bridgehead atoms. The number of nitrogens with zero attached hydrogens (tertiary/aromatic N) is 3. The van der Waals surface area contributed by atoms with Crippen molar-refractivity contribution in [1.29, 1.82) is 0 Å². The normalized spacial score (nSPS) is 20.0. The number of rotatable bonds is 5. The lowest BCUT2D eigenvalue weighted by Crippen LogP contribution is -2.28. The van der Waals surface area contributed by atoms with Crippen LogP contribution < -0.4 is 0 Å². The Kier molecular flexibility index (Phi) is 4.97. The van der Waals surface area contributed by atoms with E-state index in [4.69, 9.17) is 0 Å². The Morgan fingerprint density at radius 3 is 2.65 bits per heavy atom. The van der Waals surface area contributed by atoms with Crippen LogP contribution >= 0.6 is 0 Å². The van der Waals surface area contributed by atoms with Gasteiger partial charge < -0.3 is 0 Å². The summed E-state index contributed by atoms with van der Waals surface area (Å²) >= 11 is 0. The van der Waals surface area contributed by atoms with Gasteiger partial charge in [-0.05, 0) is 45.4 Å². The van der Waals surface area contributed by atoms with Crippen molar-refractivity contribution in [2.75, 3.05) is 18.8 Å². The maximum absolute atomic E-state index is 12.5. The van der Waals surface area contributed by atoms with Gasteiger partial charge in [0.1, 0.15) is 0 Å². The second-order valence-electron chi connectivity index (χ2n) is 6.26. The standard InChI is InChI=1S/C18H25N3OS/c1-14-18(15(2)20(3)19-14)17-10-7-11-21(17)12-13-23(22)16-8-5-4-6-9-16/h4-6,8-9,17H,7,10-13H2,1-3H3. The van der Waals surface area contributed by atoms with Crippen LogP contribution in [0.25, 0.3) is 0 Å². The summed E-state index contributed by atoms with van der Waals surface area (Å²) in [5, 5.41) is 4.56. The van der Waals surface area contributed by atoms with Gasteiger partial charge in [0.2, 0.25) is 0 Å². The lowest BCUT2D eigenvalue weighted by Gasteiger charge is -2.25. The third kappa shape index (κ3) is 3.40. The second kappa shape index (κ2) is 6.97. The number of hydrogen-bond acceptors (Lipinski definition) is 3. The average molecular weight is 331 g/mol. The summed E-state index contributed by atoms with van der Waals surface area (Å²) in [5.41, 5.74) is 3.75. The van der Waals surface area contributed by atoms with Crippen molar-refractivity contribution in [3.05, 3.63) is 47.3 Å². The molecule has 0 amide bonds. The molecule has 124 valence electrons. The van der Waals surface area contributed by atoms with Gasteiger partial charge in [-0.2, -0.15) is 5.10 Å². The van der Waals surface area contributed by atoms with Crippen LogP contribution in [-0.4, -0.2) is 37.7 Å². The van der Waals surface area contributed by atoms with Gasteiger partial charge in [0.15, 0.2) is 0 Å². The van der Waals surface area contributed by atoms with Crippen molar-refractivity contribution in [1.82, 2.24) is 14.7 Å². The predicted molar refractivity (Wildman–Crippen MR) is 93.9 cm³/mol. The highest BCUT2D eigenvalue weighted by molar-refractivity contribution is 7.85. The molecule has 1 aromatic heterocycles. The van der Waals surface area contributed by atoms with Gasteiger partial charge in [0, 0.05) is 41.5 Å². The lowest BCUT2D eigenvalue weighted by atomic mass is 10.0. The first-order chi connectivity index (χ1) is 11.1. The van der Waals surface area contributed by atoms with Gasteiger partial charge in [0.25, 0.3) is 0 Å². The molecular weight excluding hydrogens is 306 g/mol. The second-order valence-corrected chi connectivity index (χ2v) is 7.84. The summed E-state index contributed by atoms with van der Waals surface area (Å²) in [4.78, 5) is 3.41. The van der Waals surface area contributed by atoms with Crippen molar-refractivity contribution >= 4 is 10.8 Å². The first kappa shape index (κ1) is 16.4. The van der Waals surface area contributed by atoms with Gasteiger partial charge in [-0.3, -0.25) is 13.8 Å². The highest BCUT2D eigenvalue weighted by atomic mass is 32.2. The fourth-order valence-corrected chi connectivity index (χ4v) is 4.68. The van der Waals surface area contributed by atoms with Crippen LogP contribution in [0, 0.1) is 13.8 Å². The molecule has 1 aliphatic heterocycles. The molecule has 2 unspecified atom stereocenters. The third-order valence-corrected chi connectivity index (χ3v) is 6.18. The average Bonchev–Trinajstić information content (AvgIpc) is 3.10. The van der Waals surface area contributed by atoms with Crippen LogP contribution in [-0.2, 0) is 17.8 Å². The molecular formula is C18H25N3OS. The fourth-order valence-electron chi connectivity index (χ4n) is 3.58. The lowest BCUT2D eigenvalue weighted by molar-refractivity contribution is 0.271. The van der Waals surface area contributed by atoms with Crippen LogP contribution in [0.15, 0.2) is 35.2 Å². The van der Waals surface area contributed by atoms with Crippen molar-refractivity contribution in [2.24, 2.45) is 7.05 Å². The number of aryl methyl sites for hydroxylation is 2. The smallest absolute Gasteiger partial charge is 0.0644 e. The molecule has 1 saturated heterocycles. The quantitative estimate of drug-likeness (QED) is 0.845. The topological polar surface area (TPSA) is 38.1 Å². The van der Waals surface area contributed by atoms with Crippen molar-refractivity contribution in [2.45, 2.75) is 37.6 Å². The molecule has 0 aliphatic carbocycles. The van der Waals surface area contributed by atoms with Gasteiger partial charge in [-0.15, -0.1) is 0 Å². The number of hydrogen-bond donors (Lipinski definition) is 0. The molecule has 1 fully saturated rings. The van der Waals surface area contributed by atoms with E-state index in [-0.39, 0.29) is 0 Å². The largest absolute Gasteiger partial charge is 0.295 e. The molecule has 1 aromatic carbocycles. The molecule has 23 heavy (non-hydrogen) atoms. The van der Waals surface area contributed by atoms with Gasteiger partial charge in [-0.25, -0.2) is 0 Å². The highest BCUT2D eigenvalue weighted by Crippen LogP contribution is 2.35. The molecule has 2 heterocycles. The molecule has 0 radical (unpaired) electrons. The van der Waals surface area contributed by atoms with E-state index in [9.17, 15) is 4.21 Å². The molecule has 4 nitrogen and oxygen atoms in total. The predicted octanol–water partition coefficient (Wildman–Crippen LogP) is 2.98. The molecule has 5 heteroatoms. The molecule has 0 spiro atoms. The maximum Gasteiger partial charge on any atom is 0.0644 e. The van der Waals surface area contributed by atoms with E-state index in [1.54, 1.807) is 0 Å². The maximum atomic E-state index is 12.5. The minimum absolute atomic E-state index is 0.427. The van der Waals surface area contributed by atoms with E-state index in [1.165, 1.54) is 24.1 Å². The number of likely N-dealkylation sites (tertiary alicyclic amines) is 1. The highest BCUT2D eigenvalue weighted by Gasteiger charge is 2.30. The Morgan fingerprint density at radius 1 is 1.26 bits per heavy atom. The van der Waals surface area contributed by atoms with E-state index < -0.39 is 10.8 Å². The first-order valence-corrected chi connectivity index (χ1v) is 9.57. The van der Waals surface area contributed by atoms with Gasteiger partial charge in [0.05, 0.1) is 16.5 Å². The Bertz CT molecular complexity index is 696. The summed E-state index contributed by atoms with van der Waals surface area (Å²) in [6.07, 6.45) is 2.38. The minimum atomic E-state index is -0.919. The molecule has 2 aromatic rings. The van der Waals surface area contributed by atoms with Crippen LogP contribution in [0.4, 0.5) is 0 Å². The van der Waals surface area contributed by atoms with Crippen molar-refractivity contribution < 1.29 is 4.21 Å². The Balaban J connectivity index is 1.69. The molecule has 2 atom stereocenters. The first-order valence-electron chi connectivity index (χ1n) is 8.25. The van der Waals surface area contributed by atoms with Crippen LogP contribution in [0.1, 0.15) is 35.8 Å². The van der Waals surface area contributed by atoms with E-state index in [0.717, 1.165) is 23.7 Å². The fraction of sp³-hybridized carbons (Fsp3) is 0.500. The number of aromatic nitrogens is 2. The molecule has 1 aliphatic rings. The van der Waals surface area contributed by atoms with Crippen LogP contribution in [0.3, 0.4) is 0 Å². The summed E-state index contributed by atoms with van der Waals surface area (Å²) in [7, 11) is 1.09. The van der Waals surface area contributed by atoms with E-state index >= 15 is 0 Å². The summed E-state index contributed by atoms with van der Waals surface area (Å²) in [5.74, 6) is 0.693. The SMILES string of the molecule is Cc1nn(C)c(C)c1C1CCCN1CCS(=O)c1ccccc1. The summed E-state index contributed by atoms with van der Waals surface area (Å²) in [6.45, 7) is 6.21. The molecule has 0 N–H and O–H groups in total. The van der Waals surface area contributed by atoms with Crippen LogP contribution in [0.2, 0.25) is 0 Å². The minimum Gasteiger partial charge on any atom is -0.295 e. The molecule has 3 rings (SSSR count). The number of benzene rings is 1. The van der Waals surface area contributed by atoms with Crippen molar-refractivity contribution in [3.63, 3.8) is 0 Å². The van der Waals surface area contributed by atoms with Crippen LogP contribution in [0.5, 0.6) is 0 Å². The Morgan fingerprint density at radius 2 is 2.00 bits per heavy atom. The summed E-state index contributed by atoms with van der Waals surface area (Å²) < 4.78 is 14.4. The van der Waals surface area contributed by atoms with E-state index in [2.05, 4.69) is 23.8 Å². The molecule has 0 saturated carbocycles. The zero-order valence-electron chi connectivity index (χ0n) is 14.2. The van der Waals surface area contributed by atoms with Crippen molar-refractivity contribution in [3.8, 4) is 0 Å². The Hall–Kier alpha value is -1.46. The monoisotopic (exact) mass is 331 g/mol. The third-order valence-electron chi connectivity index (χ3n) is 4.83. The van der Waals surface area contributed by atoms with Gasteiger partial charge >= 0.3 is 0 Å². The van der Waals surface area contributed by atoms with E-state index in [1.807, 2.05) is 42.1 Å². The zero-order valence-corrected chi connectivity index (χ0v) is 15.0. The summed E-state index contributed by atoms with van der Waals surface area (Å²) in [6, 6.07) is 10.2. The van der Waals surface area contributed by atoms with E-state index in [0.29, 0.717) is 11.8 Å². The Labute approximate surface area is 141 Å².